The third-order valence-corrected chi connectivity index (χ3v) is 4.91. The predicted molar refractivity (Wildman–Crippen MR) is 69.2 cm³/mol. The molecule has 0 radical (unpaired) electrons. The Bertz CT molecular complexity index is 433. The van der Waals surface area contributed by atoms with Crippen LogP contribution in [0.5, 0.6) is 0 Å². The summed E-state index contributed by atoms with van der Waals surface area (Å²) in [7, 11) is 0. The summed E-state index contributed by atoms with van der Waals surface area (Å²) in [4.78, 5) is 2.74. The average molecular weight is 290 g/mol. The fourth-order valence-electron chi connectivity index (χ4n) is 2.68. The molecule has 6 heteroatoms. The zero-order valence-electron chi connectivity index (χ0n) is 10.5. The fourth-order valence-corrected chi connectivity index (χ4v) is 3.56. The van der Waals surface area contributed by atoms with E-state index in [2.05, 4.69) is 10.2 Å². The van der Waals surface area contributed by atoms with E-state index in [1.54, 1.807) is 6.07 Å². The number of hydrogen-bond donors (Lipinski definition) is 1. The van der Waals surface area contributed by atoms with Gasteiger partial charge in [-0.1, -0.05) is 0 Å². The molecule has 0 amide bonds. The lowest BCUT2D eigenvalue weighted by molar-refractivity contribution is -0.134. The molecule has 1 atom stereocenters. The Balaban J connectivity index is 1.69. The third-order valence-electron chi connectivity index (χ3n) is 3.80. The summed E-state index contributed by atoms with van der Waals surface area (Å²) in [5.41, 5.74) is 0. The lowest BCUT2D eigenvalue weighted by Crippen LogP contribution is -2.37. The van der Waals surface area contributed by atoms with Crippen molar-refractivity contribution in [2.45, 2.75) is 44.1 Å². The van der Waals surface area contributed by atoms with E-state index >= 15 is 0 Å². The first-order chi connectivity index (χ1) is 9.04. The number of thiophene rings is 1. The van der Waals surface area contributed by atoms with E-state index < -0.39 is 11.1 Å². The normalized spacial score (nSPS) is 24.3. The van der Waals surface area contributed by atoms with Crippen LogP contribution in [-0.2, 0) is 12.7 Å². The first kappa shape index (κ1) is 13.4. The van der Waals surface area contributed by atoms with Crippen LogP contribution in [0.2, 0.25) is 0 Å². The maximum Gasteiger partial charge on any atom is 0.425 e. The summed E-state index contributed by atoms with van der Waals surface area (Å²) in [5.74, 6) is 0. The molecule has 106 valence electrons. The van der Waals surface area contributed by atoms with Crippen LogP contribution in [0, 0.1) is 0 Å². The summed E-state index contributed by atoms with van der Waals surface area (Å²) in [6, 6.07) is 3.91. The second-order valence-electron chi connectivity index (χ2n) is 5.31. The van der Waals surface area contributed by atoms with Crippen molar-refractivity contribution in [2.75, 3.05) is 13.1 Å². The Labute approximate surface area is 114 Å². The highest BCUT2D eigenvalue weighted by Crippen LogP contribution is 2.37. The molecule has 2 fully saturated rings. The summed E-state index contributed by atoms with van der Waals surface area (Å²) >= 11 is 0.885. The van der Waals surface area contributed by atoms with E-state index in [1.807, 2.05) is 0 Å². The monoisotopic (exact) mass is 290 g/mol. The van der Waals surface area contributed by atoms with Gasteiger partial charge in [0.25, 0.3) is 0 Å². The highest BCUT2D eigenvalue weighted by atomic mass is 32.1. The average Bonchev–Trinajstić information content (AvgIpc) is 2.87. The molecular weight excluding hydrogens is 273 g/mol. The zero-order valence-corrected chi connectivity index (χ0v) is 11.4. The molecule has 2 heterocycles. The molecule has 2 nitrogen and oxygen atoms in total. The van der Waals surface area contributed by atoms with E-state index in [1.165, 1.54) is 18.9 Å². The number of nitrogens with one attached hydrogen (secondary N) is 1. The highest BCUT2D eigenvalue weighted by molar-refractivity contribution is 7.12. The second kappa shape index (κ2) is 5.07. The van der Waals surface area contributed by atoms with Crippen molar-refractivity contribution in [1.29, 1.82) is 0 Å². The van der Waals surface area contributed by atoms with Crippen LogP contribution in [0.15, 0.2) is 12.1 Å². The van der Waals surface area contributed by atoms with Crippen LogP contribution in [-0.4, -0.2) is 30.1 Å². The number of nitrogens with zero attached hydrogens (tertiary/aromatic N) is 1. The largest absolute Gasteiger partial charge is 0.425 e. The van der Waals surface area contributed by atoms with Gasteiger partial charge in [0.2, 0.25) is 0 Å². The van der Waals surface area contributed by atoms with Crippen LogP contribution in [0.25, 0.3) is 0 Å². The van der Waals surface area contributed by atoms with Crippen molar-refractivity contribution in [3.63, 3.8) is 0 Å². The zero-order chi connectivity index (χ0) is 13.5. The molecule has 0 spiro atoms. The lowest BCUT2D eigenvalue weighted by Gasteiger charge is -2.27. The van der Waals surface area contributed by atoms with E-state index in [-0.39, 0.29) is 0 Å². The molecule has 1 aromatic rings. The van der Waals surface area contributed by atoms with Crippen molar-refractivity contribution in [1.82, 2.24) is 10.2 Å². The molecule has 19 heavy (non-hydrogen) atoms. The molecule has 1 unspecified atom stereocenters. The number of halogens is 3. The standard InChI is InChI=1S/C13H17F3N2S/c14-13(15,16)12-4-3-11(19-12)8-18(9-1-2-9)10-5-6-17-7-10/h3-4,9-10,17H,1-2,5-8H2. The Morgan fingerprint density at radius 1 is 1.21 bits per heavy atom. The van der Waals surface area contributed by atoms with Crippen molar-refractivity contribution in [2.24, 2.45) is 0 Å². The van der Waals surface area contributed by atoms with Crippen LogP contribution in [0.1, 0.15) is 29.0 Å². The smallest absolute Gasteiger partial charge is 0.315 e. The molecule has 1 aliphatic carbocycles. The van der Waals surface area contributed by atoms with Gasteiger partial charge in [0.1, 0.15) is 4.88 Å². The quantitative estimate of drug-likeness (QED) is 0.916. The van der Waals surface area contributed by atoms with E-state index in [0.29, 0.717) is 18.6 Å². The van der Waals surface area contributed by atoms with Gasteiger partial charge in [0, 0.05) is 30.1 Å². The molecule has 1 N–H and O–H groups in total. The minimum absolute atomic E-state index is 0.484. The first-order valence-corrected chi connectivity index (χ1v) is 7.48. The number of alkyl halides is 3. The Morgan fingerprint density at radius 2 is 2.00 bits per heavy atom. The maximum atomic E-state index is 12.6. The molecule has 0 aromatic carbocycles. The van der Waals surface area contributed by atoms with Gasteiger partial charge >= 0.3 is 6.18 Å². The van der Waals surface area contributed by atoms with Crippen molar-refractivity contribution < 1.29 is 13.2 Å². The van der Waals surface area contributed by atoms with Gasteiger partial charge in [-0.2, -0.15) is 13.2 Å². The summed E-state index contributed by atoms with van der Waals surface area (Å²) in [5, 5.41) is 3.33. The molecule has 1 aromatic heterocycles. The van der Waals surface area contributed by atoms with Crippen LogP contribution in [0.3, 0.4) is 0 Å². The van der Waals surface area contributed by atoms with Crippen LogP contribution in [0.4, 0.5) is 13.2 Å². The molecule has 3 rings (SSSR count). The Hall–Kier alpha value is -0.590. The van der Waals surface area contributed by atoms with Gasteiger partial charge in [-0.15, -0.1) is 11.3 Å². The molecular formula is C13H17F3N2S. The number of hydrogen-bond acceptors (Lipinski definition) is 3. The molecule has 1 aliphatic heterocycles. The van der Waals surface area contributed by atoms with E-state index in [9.17, 15) is 13.2 Å². The van der Waals surface area contributed by atoms with Crippen molar-refractivity contribution in [3.8, 4) is 0 Å². The summed E-state index contributed by atoms with van der Waals surface area (Å²) in [6.07, 6.45) is -0.724. The van der Waals surface area contributed by atoms with E-state index in [0.717, 1.165) is 35.7 Å². The number of rotatable bonds is 4. The molecule has 2 aliphatic rings. The SMILES string of the molecule is FC(F)(F)c1ccc(CN(C2CC2)C2CCNC2)s1. The van der Waals surface area contributed by atoms with E-state index in [4.69, 9.17) is 0 Å². The van der Waals surface area contributed by atoms with Gasteiger partial charge in [0.05, 0.1) is 0 Å². The molecule has 0 bridgehead atoms. The highest BCUT2D eigenvalue weighted by Gasteiger charge is 2.36. The predicted octanol–water partition coefficient (Wildman–Crippen LogP) is 3.09. The van der Waals surface area contributed by atoms with Gasteiger partial charge in [-0.05, 0) is 37.9 Å². The summed E-state index contributed by atoms with van der Waals surface area (Å²) < 4.78 is 37.8. The Kier molecular flexibility index (Phi) is 3.57. The Morgan fingerprint density at radius 3 is 2.53 bits per heavy atom. The van der Waals surface area contributed by atoms with Gasteiger partial charge < -0.3 is 5.32 Å². The van der Waals surface area contributed by atoms with Gasteiger partial charge in [-0.25, -0.2) is 0 Å². The summed E-state index contributed by atoms with van der Waals surface area (Å²) in [6.45, 7) is 2.65. The van der Waals surface area contributed by atoms with Gasteiger partial charge in [-0.3, -0.25) is 4.90 Å². The molecule has 1 saturated carbocycles. The third kappa shape index (κ3) is 3.12. The van der Waals surface area contributed by atoms with Crippen molar-refractivity contribution in [3.05, 3.63) is 21.9 Å². The lowest BCUT2D eigenvalue weighted by atomic mass is 10.2. The van der Waals surface area contributed by atoms with Crippen LogP contribution >= 0.6 is 11.3 Å². The van der Waals surface area contributed by atoms with Crippen molar-refractivity contribution >= 4 is 11.3 Å². The van der Waals surface area contributed by atoms with Crippen LogP contribution < -0.4 is 5.32 Å². The minimum atomic E-state index is -4.21. The first-order valence-electron chi connectivity index (χ1n) is 6.66. The molecule has 1 saturated heterocycles. The fraction of sp³-hybridized carbons (Fsp3) is 0.692. The maximum absolute atomic E-state index is 12.6. The minimum Gasteiger partial charge on any atom is -0.315 e. The van der Waals surface area contributed by atoms with Gasteiger partial charge in [0.15, 0.2) is 0 Å². The second-order valence-corrected chi connectivity index (χ2v) is 6.48. The topological polar surface area (TPSA) is 15.3 Å².